The van der Waals surface area contributed by atoms with Crippen molar-refractivity contribution in [2.45, 2.75) is 297 Å². The molecule has 10 atom stereocenters. The summed E-state index contributed by atoms with van der Waals surface area (Å²) in [4.78, 5) is 49.6. The van der Waals surface area contributed by atoms with Crippen molar-refractivity contribution < 1.29 is 48.3 Å². The highest BCUT2D eigenvalue weighted by Gasteiger charge is 2.44. The van der Waals surface area contributed by atoms with Crippen molar-refractivity contribution in [1.29, 1.82) is 0 Å². The van der Waals surface area contributed by atoms with Crippen molar-refractivity contribution in [1.82, 2.24) is 0 Å². The average molecular weight is 1090 g/mol. The molecule has 2 saturated carbocycles. The van der Waals surface area contributed by atoms with Gasteiger partial charge in [-0.1, -0.05) is 191 Å². The number of esters is 4. The Labute approximate surface area is 477 Å². The molecule has 2 unspecified atom stereocenters. The van der Waals surface area contributed by atoms with E-state index in [2.05, 4.69) is 89.5 Å². The summed E-state index contributed by atoms with van der Waals surface area (Å²) in [6.45, 7) is 24.0. The normalized spacial score (nSPS) is 22.1. The molecular formula is C68H116O10. The van der Waals surface area contributed by atoms with Crippen molar-refractivity contribution in [3.8, 4) is 0 Å². The molecule has 10 nitrogen and oxygen atoms in total. The van der Waals surface area contributed by atoms with Gasteiger partial charge in [-0.2, -0.15) is 0 Å². The van der Waals surface area contributed by atoms with Crippen LogP contribution < -0.4 is 0 Å². The molecule has 0 radical (unpaired) electrons. The number of ether oxygens (including phenoxy) is 4. The third kappa shape index (κ3) is 33.7. The summed E-state index contributed by atoms with van der Waals surface area (Å²) >= 11 is 0. The first-order valence-corrected chi connectivity index (χ1v) is 31.7. The van der Waals surface area contributed by atoms with Crippen LogP contribution in [0.5, 0.6) is 0 Å². The third-order valence-corrected chi connectivity index (χ3v) is 15.3. The van der Waals surface area contributed by atoms with Gasteiger partial charge in [-0.25, -0.2) is 0 Å². The molecule has 0 aliphatic heterocycles. The standard InChI is InChI=1S/2C34H58O5/c1-6-9-11-13-15-20-24-30-29(23-19-16-17-21-25-33(36)38-27(4)5)31(35)26-32(30)39-34(37)28(8-3)22-18-14-12-10-7-2;1-6-9-11-13-15-19-23-29-30(24-20-16-17-21-25-33(36)38-27(4)5)32(26-31(29)35)39-34(37)28(8-3)22-18-14-12-10-7-2/h8,16,19-20,24,27-32,35H,3,6-7,9-15,17-18,21-23,25-26H2,1-2,4-5H3;8,16,19-20,23,27-32,35H,3,6-7,9-15,17-18,21-22,24-26H2,1-2,4-5H3/b19-16-,24-20+;20-16-,23-19+/t28?,29-,30-,31+,32-;28?,29-,30-,31-,32+/m11/s1. The van der Waals surface area contributed by atoms with Crippen molar-refractivity contribution >= 4 is 23.9 Å². The van der Waals surface area contributed by atoms with Crippen LogP contribution in [0.4, 0.5) is 0 Å². The van der Waals surface area contributed by atoms with Crippen molar-refractivity contribution in [2.75, 3.05) is 0 Å². The molecule has 448 valence electrons. The van der Waals surface area contributed by atoms with Gasteiger partial charge in [0, 0.05) is 43.4 Å². The molecule has 10 heteroatoms. The highest BCUT2D eigenvalue weighted by atomic mass is 16.6. The van der Waals surface area contributed by atoms with E-state index in [1.807, 2.05) is 27.7 Å². The zero-order valence-corrected chi connectivity index (χ0v) is 50.9. The van der Waals surface area contributed by atoms with Crippen LogP contribution in [0.2, 0.25) is 0 Å². The van der Waals surface area contributed by atoms with Crippen LogP contribution >= 0.6 is 0 Å². The van der Waals surface area contributed by atoms with Crippen molar-refractivity contribution in [3.05, 3.63) is 73.9 Å². The van der Waals surface area contributed by atoms with Gasteiger partial charge in [-0.05, 0) is 111 Å². The molecule has 2 rings (SSSR count). The van der Waals surface area contributed by atoms with E-state index in [9.17, 15) is 29.4 Å². The van der Waals surface area contributed by atoms with Gasteiger partial charge >= 0.3 is 23.9 Å². The summed E-state index contributed by atoms with van der Waals surface area (Å²) in [7, 11) is 0. The Morgan fingerprint density at radius 1 is 0.462 bits per heavy atom. The number of carbonyl (C=O) groups is 4. The molecule has 2 aliphatic carbocycles. The lowest BCUT2D eigenvalue weighted by Crippen LogP contribution is -2.28. The lowest BCUT2D eigenvalue weighted by Gasteiger charge is -2.24. The maximum atomic E-state index is 13.1. The van der Waals surface area contributed by atoms with Gasteiger partial charge < -0.3 is 29.2 Å². The zero-order valence-electron chi connectivity index (χ0n) is 50.9. The Morgan fingerprint density at radius 2 is 0.846 bits per heavy atom. The lowest BCUT2D eigenvalue weighted by molar-refractivity contribution is -0.155. The molecule has 2 aliphatic rings. The molecule has 0 aromatic heterocycles. The topological polar surface area (TPSA) is 146 Å². The van der Waals surface area contributed by atoms with Gasteiger partial charge in [0.15, 0.2) is 0 Å². The minimum Gasteiger partial charge on any atom is -0.463 e. The summed E-state index contributed by atoms with van der Waals surface area (Å²) in [5.41, 5.74) is 0. The number of hydrogen-bond donors (Lipinski definition) is 2. The monoisotopic (exact) mass is 1090 g/mol. The van der Waals surface area contributed by atoms with Crippen LogP contribution in [0.15, 0.2) is 73.9 Å². The average Bonchev–Trinajstić information content (AvgIpc) is 3.86. The third-order valence-electron chi connectivity index (χ3n) is 15.3. The molecule has 0 amide bonds. The fourth-order valence-corrected chi connectivity index (χ4v) is 10.7. The summed E-state index contributed by atoms with van der Waals surface area (Å²) in [6, 6.07) is 0. The van der Waals surface area contributed by atoms with E-state index < -0.39 is 12.2 Å². The number of hydrogen-bond acceptors (Lipinski definition) is 10. The summed E-state index contributed by atoms with van der Waals surface area (Å²) in [5.74, 6) is -1.30. The summed E-state index contributed by atoms with van der Waals surface area (Å²) in [5, 5.41) is 21.9. The predicted molar refractivity (Wildman–Crippen MR) is 323 cm³/mol. The molecule has 78 heavy (non-hydrogen) atoms. The Bertz CT molecular complexity index is 1690. The van der Waals surface area contributed by atoms with E-state index in [0.717, 1.165) is 103 Å². The van der Waals surface area contributed by atoms with Gasteiger partial charge in [0.05, 0.1) is 36.3 Å². The van der Waals surface area contributed by atoms with Crippen LogP contribution in [0.25, 0.3) is 0 Å². The molecule has 0 aromatic carbocycles. The van der Waals surface area contributed by atoms with Gasteiger partial charge in [0.25, 0.3) is 0 Å². The highest BCUT2D eigenvalue weighted by molar-refractivity contribution is 5.75. The van der Waals surface area contributed by atoms with Gasteiger partial charge in [0.2, 0.25) is 0 Å². The Hall–Kier alpha value is -3.76. The molecule has 0 saturated heterocycles. The molecule has 0 aromatic rings. The molecule has 0 heterocycles. The number of rotatable bonds is 44. The van der Waals surface area contributed by atoms with E-state index in [1.165, 1.54) is 77.0 Å². The first-order chi connectivity index (χ1) is 37.7. The van der Waals surface area contributed by atoms with E-state index >= 15 is 0 Å². The maximum absolute atomic E-state index is 13.1. The van der Waals surface area contributed by atoms with E-state index in [0.29, 0.717) is 25.7 Å². The first-order valence-electron chi connectivity index (χ1n) is 31.7. The second-order valence-electron chi connectivity index (χ2n) is 23.0. The molecule has 2 N–H and O–H groups in total. The second kappa shape index (κ2) is 46.9. The second-order valence-corrected chi connectivity index (χ2v) is 23.0. The van der Waals surface area contributed by atoms with Gasteiger partial charge in [-0.3, -0.25) is 19.2 Å². The minimum absolute atomic E-state index is 0.00388. The van der Waals surface area contributed by atoms with E-state index in [4.69, 9.17) is 18.9 Å². The molecule has 2 fully saturated rings. The number of aliphatic hydroxyl groups excluding tert-OH is 2. The highest BCUT2D eigenvalue weighted by Crippen LogP contribution is 2.40. The zero-order chi connectivity index (χ0) is 57.8. The Kier molecular flexibility index (Phi) is 43.5. The lowest BCUT2D eigenvalue weighted by atomic mass is 9.89. The number of aliphatic hydroxyl groups is 2. The van der Waals surface area contributed by atoms with Gasteiger partial charge in [-0.15, -0.1) is 13.2 Å². The Balaban J connectivity index is 0.000000780. The number of unbranched alkanes of at least 4 members (excludes halogenated alkanes) is 18. The molecular weight excluding hydrogens is 977 g/mol. The fraction of sp³-hybridized carbons (Fsp3) is 0.765. The van der Waals surface area contributed by atoms with E-state index in [-0.39, 0.29) is 83.8 Å². The Morgan fingerprint density at radius 3 is 1.28 bits per heavy atom. The number of allylic oxidation sites excluding steroid dienone is 6. The smallest absolute Gasteiger partial charge is 0.313 e. The van der Waals surface area contributed by atoms with E-state index in [1.54, 1.807) is 12.2 Å². The van der Waals surface area contributed by atoms with Gasteiger partial charge in [0.1, 0.15) is 12.2 Å². The van der Waals surface area contributed by atoms with Crippen molar-refractivity contribution in [2.24, 2.45) is 35.5 Å². The van der Waals surface area contributed by atoms with Crippen molar-refractivity contribution in [3.63, 3.8) is 0 Å². The predicted octanol–water partition coefficient (Wildman–Crippen LogP) is 17.3. The quantitative estimate of drug-likeness (QED) is 0.0262. The van der Waals surface area contributed by atoms with Crippen LogP contribution in [0.1, 0.15) is 261 Å². The first kappa shape index (κ1) is 72.3. The van der Waals surface area contributed by atoms with Crippen LogP contribution in [-0.2, 0) is 38.1 Å². The van der Waals surface area contributed by atoms with Crippen LogP contribution in [0.3, 0.4) is 0 Å². The summed E-state index contributed by atoms with van der Waals surface area (Å²) < 4.78 is 22.5. The fourth-order valence-electron chi connectivity index (χ4n) is 10.7. The number of carbonyl (C=O) groups excluding carboxylic acids is 4. The maximum Gasteiger partial charge on any atom is 0.313 e. The summed E-state index contributed by atoms with van der Waals surface area (Å²) in [6.07, 6.45) is 49.9. The SMILES string of the molecule is C=CC(CCCCCCC)C(=O)O[C@@H]1C[C@H](O)[C@H](C/C=C\CCCC(=O)OC(C)C)[C@H]1/C=C/CCCCCC.C=CC(CCCCCCC)C(=O)O[C@H]1C[C@@H](O)[C@H](/C=C/CCCCCC)[C@H]1C/C=C\CCCC(=O)OC(C)C. The minimum atomic E-state index is -0.518. The van der Waals surface area contributed by atoms with Crippen LogP contribution in [-0.4, -0.2) is 70.7 Å². The largest absolute Gasteiger partial charge is 0.463 e. The van der Waals surface area contributed by atoms with Crippen LogP contribution in [0, 0.1) is 35.5 Å². The molecule has 0 spiro atoms. The molecule has 0 bridgehead atoms.